The normalized spacial score (nSPS) is 25.5. The lowest BCUT2D eigenvalue weighted by molar-refractivity contribution is -0.142. The van der Waals surface area contributed by atoms with E-state index in [1.54, 1.807) is 6.07 Å². The minimum atomic E-state index is -1.37. The van der Waals surface area contributed by atoms with Crippen LogP contribution in [-0.4, -0.2) is 40.2 Å². The lowest BCUT2D eigenvalue weighted by Crippen LogP contribution is -2.53. The highest BCUT2D eigenvalue weighted by molar-refractivity contribution is 6.35. The molecule has 4 heterocycles. The number of halogens is 1. The minimum absolute atomic E-state index is 0.227. The smallest absolute Gasteiger partial charge is 0.250 e. The molecule has 4 unspecified atom stereocenters. The van der Waals surface area contributed by atoms with Crippen LogP contribution in [0.1, 0.15) is 22.3 Å². The summed E-state index contributed by atoms with van der Waals surface area (Å²) in [7, 11) is 0. The second kappa shape index (κ2) is 8.79. The molecule has 1 spiro atoms. The molecule has 7 rings (SSSR count). The van der Waals surface area contributed by atoms with Crippen LogP contribution in [-0.2, 0) is 32.8 Å². The molecule has 0 saturated carbocycles. The number of carbonyl (C=O) groups is 3. The summed E-state index contributed by atoms with van der Waals surface area (Å²) in [6, 6.07) is 21.1. The Labute approximate surface area is 230 Å². The summed E-state index contributed by atoms with van der Waals surface area (Å²) < 4.78 is 0. The van der Waals surface area contributed by atoms with Gasteiger partial charge in [0.15, 0.2) is 0 Å². The van der Waals surface area contributed by atoms with Crippen LogP contribution in [0, 0.1) is 18.8 Å². The van der Waals surface area contributed by atoms with E-state index in [2.05, 4.69) is 15.6 Å². The predicted molar refractivity (Wildman–Crippen MR) is 149 cm³/mol. The number of H-pyrrole nitrogens is 1. The summed E-state index contributed by atoms with van der Waals surface area (Å²) in [4.78, 5) is 46.6. The van der Waals surface area contributed by atoms with E-state index in [9.17, 15) is 14.4 Å². The molecular formula is C31H27ClN4O3. The first-order valence-corrected chi connectivity index (χ1v) is 13.6. The number of aromatic amines is 1. The molecule has 3 aliphatic rings. The molecule has 196 valence electrons. The molecular weight excluding hydrogens is 512 g/mol. The second-order valence-corrected chi connectivity index (χ2v) is 11.2. The van der Waals surface area contributed by atoms with E-state index in [1.807, 2.05) is 73.8 Å². The third-order valence-electron chi connectivity index (χ3n) is 8.59. The lowest BCUT2D eigenvalue weighted by Gasteiger charge is -2.30. The van der Waals surface area contributed by atoms with E-state index < -0.39 is 23.4 Å². The highest BCUT2D eigenvalue weighted by Crippen LogP contribution is 2.54. The van der Waals surface area contributed by atoms with E-state index in [-0.39, 0.29) is 24.3 Å². The average molecular weight is 539 g/mol. The molecule has 8 heteroatoms. The maximum atomic E-state index is 14.1. The molecule has 3 aromatic carbocycles. The molecule has 7 nitrogen and oxygen atoms in total. The summed E-state index contributed by atoms with van der Waals surface area (Å²) in [5.74, 6) is -2.42. The van der Waals surface area contributed by atoms with Crippen molar-refractivity contribution < 1.29 is 14.4 Å². The standard InChI is InChI=1S/C31H27ClN4O3/c1-17-13-21-27(22(32)14-17)34-30(39)31(21)26-25(24(35-31)15-19-16-33-23-10-6-5-9-20(19)23)28(37)36(29(26)38)12-11-18-7-3-2-4-8-18/h2-10,13-14,16,24-26,33,35H,11-12,15H2,1H3,(H,34,39). The number of amides is 3. The van der Waals surface area contributed by atoms with Crippen LogP contribution in [0.15, 0.2) is 72.9 Å². The Morgan fingerprint density at radius 1 is 0.974 bits per heavy atom. The van der Waals surface area contributed by atoms with Crippen LogP contribution in [0.2, 0.25) is 5.02 Å². The number of anilines is 1. The van der Waals surface area contributed by atoms with Crippen molar-refractivity contribution in [3.63, 3.8) is 0 Å². The van der Waals surface area contributed by atoms with Crippen LogP contribution in [0.3, 0.4) is 0 Å². The van der Waals surface area contributed by atoms with Crippen LogP contribution in [0.4, 0.5) is 5.69 Å². The summed E-state index contributed by atoms with van der Waals surface area (Å²) in [5.41, 5.74) is 3.73. The summed E-state index contributed by atoms with van der Waals surface area (Å²) in [5, 5.41) is 7.95. The summed E-state index contributed by atoms with van der Waals surface area (Å²) in [6.45, 7) is 2.18. The van der Waals surface area contributed by atoms with Gasteiger partial charge in [-0.3, -0.25) is 24.6 Å². The zero-order chi connectivity index (χ0) is 26.9. The summed E-state index contributed by atoms with van der Waals surface area (Å²) in [6.07, 6.45) is 2.99. The first-order valence-electron chi connectivity index (χ1n) is 13.2. The number of nitrogens with zero attached hydrogens (tertiary/aromatic N) is 1. The van der Waals surface area contributed by atoms with Crippen LogP contribution in [0.25, 0.3) is 10.9 Å². The Morgan fingerprint density at radius 2 is 1.74 bits per heavy atom. The van der Waals surface area contributed by atoms with Crippen molar-refractivity contribution in [2.75, 3.05) is 11.9 Å². The van der Waals surface area contributed by atoms with Gasteiger partial charge >= 0.3 is 0 Å². The van der Waals surface area contributed by atoms with Gasteiger partial charge in [-0.1, -0.05) is 66.2 Å². The topological polar surface area (TPSA) is 94.3 Å². The van der Waals surface area contributed by atoms with Gasteiger partial charge in [-0.2, -0.15) is 0 Å². The average Bonchev–Trinajstić information content (AvgIpc) is 3.64. The fraction of sp³-hybridized carbons (Fsp3) is 0.258. The molecule has 2 fully saturated rings. The molecule has 1 aromatic heterocycles. The number of para-hydroxylation sites is 1. The zero-order valence-corrected chi connectivity index (χ0v) is 22.1. The number of hydrogen-bond donors (Lipinski definition) is 3. The number of aryl methyl sites for hydroxylation is 1. The number of aromatic nitrogens is 1. The van der Waals surface area contributed by atoms with Gasteiger partial charge in [0.05, 0.1) is 22.5 Å². The van der Waals surface area contributed by atoms with Gasteiger partial charge in [0.1, 0.15) is 5.54 Å². The first kappa shape index (κ1) is 24.1. The summed E-state index contributed by atoms with van der Waals surface area (Å²) >= 11 is 6.56. The quantitative estimate of drug-likeness (QED) is 0.330. The Bertz CT molecular complexity index is 1670. The molecule has 0 radical (unpaired) electrons. The van der Waals surface area contributed by atoms with Crippen molar-refractivity contribution in [1.82, 2.24) is 15.2 Å². The molecule has 3 aliphatic heterocycles. The van der Waals surface area contributed by atoms with Crippen LogP contribution < -0.4 is 10.6 Å². The van der Waals surface area contributed by atoms with Crippen molar-refractivity contribution in [3.05, 3.63) is 100 Å². The number of hydrogen-bond acceptors (Lipinski definition) is 4. The van der Waals surface area contributed by atoms with Gasteiger partial charge < -0.3 is 10.3 Å². The fourth-order valence-electron chi connectivity index (χ4n) is 6.87. The number of rotatable bonds is 5. The maximum Gasteiger partial charge on any atom is 0.250 e. The maximum absolute atomic E-state index is 14.1. The van der Waals surface area contributed by atoms with Gasteiger partial charge in [0.25, 0.3) is 0 Å². The molecule has 39 heavy (non-hydrogen) atoms. The first-order chi connectivity index (χ1) is 18.9. The molecule has 0 bridgehead atoms. The van der Waals surface area contributed by atoms with Crippen molar-refractivity contribution >= 4 is 45.9 Å². The van der Waals surface area contributed by atoms with Gasteiger partial charge in [0, 0.05) is 35.2 Å². The van der Waals surface area contributed by atoms with E-state index in [1.165, 1.54) is 4.90 Å². The van der Waals surface area contributed by atoms with Crippen molar-refractivity contribution in [2.24, 2.45) is 11.8 Å². The molecule has 4 atom stereocenters. The lowest BCUT2D eigenvalue weighted by atomic mass is 9.76. The van der Waals surface area contributed by atoms with Crippen molar-refractivity contribution in [2.45, 2.75) is 31.3 Å². The Morgan fingerprint density at radius 3 is 2.56 bits per heavy atom. The van der Waals surface area contributed by atoms with Crippen LogP contribution >= 0.6 is 11.6 Å². The fourth-order valence-corrected chi connectivity index (χ4v) is 7.19. The minimum Gasteiger partial charge on any atom is -0.361 e. The highest BCUT2D eigenvalue weighted by atomic mass is 35.5. The number of benzene rings is 3. The molecule has 0 aliphatic carbocycles. The van der Waals surface area contributed by atoms with Gasteiger partial charge in [-0.15, -0.1) is 0 Å². The number of imide groups is 1. The molecule has 3 amide bonds. The van der Waals surface area contributed by atoms with Crippen LogP contribution in [0.5, 0.6) is 0 Å². The third-order valence-corrected chi connectivity index (χ3v) is 8.89. The van der Waals surface area contributed by atoms with E-state index in [4.69, 9.17) is 11.6 Å². The molecule has 4 aromatic rings. The Balaban J connectivity index is 1.32. The third kappa shape index (κ3) is 3.50. The number of fused-ring (bicyclic) bond motifs is 5. The number of carbonyl (C=O) groups excluding carboxylic acids is 3. The Hall–Kier alpha value is -3.94. The molecule has 3 N–H and O–H groups in total. The van der Waals surface area contributed by atoms with Crippen molar-refractivity contribution in [3.8, 4) is 0 Å². The largest absolute Gasteiger partial charge is 0.361 e. The predicted octanol–water partition coefficient (Wildman–Crippen LogP) is 4.34. The van der Waals surface area contributed by atoms with Gasteiger partial charge in [0.2, 0.25) is 17.7 Å². The molecule has 2 saturated heterocycles. The zero-order valence-electron chi connectivity index (χ0n) is 21.3. The monoisotopic (exact) mass is 538 g/mol. The SMILES string of the molecule is Cc1cc(Cl)c2c(c1)C1(NC(Cc3c[nH]c4ccccc34)C3C(=O)N(CCc4ccccc4)C(=O)C31)C(=O)N2. The van der Waals surface area contributed by atoms with Crippen molar-refractivity contribution in [1.29, 1.82) is 0 Å². The van der Waals surface area contributed by atoms with Gasteiger partial charge in [-0.05, 0) is 48.6 Å². The van der Waals surface area contributed by atoms with E-state index in [0.29, 0.717) is 29.1 Å². The number of nitrogens with one attached hydrogen (secondary N) is 3. The van der Waals surface area contributed by atoms with E-state index >= 15 is 0 Å². The second-order valence-electron chi connectivity index (χ2n) is 10.8. The van der Waals surface area contributed by atoms with E-state index in [0.717, 1.165) is 27.6 Å². The van der Waals surface area contributed by atoms with Gasteiger partial charge in [-0.25, -0.2) is 0 Å². The number of likely N-dealkylation sites (tertiary alicyclic amines) is 1. The highest BCUT2D eigenvalue weighted by Gasteiger charge is 2.70. The Kier molecular flexibility index (Phi) is 5.44.